The third kappa shape index (κ3) is 3.73. The Bertz CT molecular complexity index is 2290. The Balaban J connectivity index is 1.29. The highest BCUT2D eigenvalue weighted by Crippen LogP contribution is 2.36. The predicted octanol–water partition coefficient (Wildman–Crippen LogP) is 8.19. The molecule has 7 heteroatoms. The van der Waals surface area contributed by atoms with Crippen LogP contribution in [0.4, 0.5) is 0 Å². The molecule has 44 heavy (non-hydrogen) atoms. The van der Waals surface area contributed by atoms with Crippen LogP contribution < -0.4 is 0 Å². The molecule has 206 valence electrons. The molecule has 0 unspecified atom stereocenters. The number of nitrogens with zero attached hydrogens (tertiary/aromatic N) is 7. The van der Waals surface area contributed by atoms with Crippen molar-refractivity contribution in [2.45, 2.75) is 0 Å². The van der Waals surface area contributed by atoms with Gasteiger partial charge in [0.15, 0.2) is 0 Å². The van der Waals surface area contributed by atoms with Gasteiger partial charge in [0.2, 0.25) is 0 Å². The fourth-order valence-electron chi connectivity index (χ4n) is 6.11. The van der Waals surface area contributed by atoms with Crippen molar-refractivity contribution in [1.82, 2.24) is 34.1 Å². The van der Waals surface area contributed by atoms with E-state index in [0.717, 1.165) is 78.0 Å². The summed E-state index contributed by atoms with van der Waals surface area (Å²) in [6.45, 7) is 0. The Morgan fingerprint density at radius 3 is 1.30 bits per heavy atom. The van der Waals surface area contributed by atoms with Crippen LogP contribution >= 0.6 is 0 Å². The summed E-state index contributed by atoms with van der Waals surface area (Å²) in [5.74, 6) is 0. The summed E-state index contributed by atoms with van der Waals surface area (Å²) in [7, 11) is 0. The molecule has 0 amide bonds. The monoisotopic (exact) mass is 565 g/mol. The van der Waals surface area contributed by atoms with E-state index in [2.05, 4.69) is 75.9 Å². The van der Waals surface area contributed by atoms with Gasteiger partial charge in [0, 0.05) is 23.5 Å². The van der Waals surface area contributed by atoms with E-state index in [9.17, 15) is 0 Å². The molecule has 2 aromatic carbocycles. The third-order valence-electron chi connectivity index (χ3n) is 8.12. The standard InChI is InChI=1S/C37H23N7/c1-3-9-24(10-4-1)28-17-15-26(22-40-28)43-30-13-7-19-38-34(30)36-32(43)21-33-37(42-36)35-31(14-8-20-39-35)44(33)27-16-18-29(41-23-27)25-11-5-2-6-12-25/h1-23H. The van der Waals surface area contributed by atoms with Crippen LogP contribution in [0.25, 0.3) is 78.0 Å². The van der Waals surface area contributed by atoms with Crippen LogP contribution in [0.3, 0.4) is 0 Å². The molecule has 0 saturated carbocycles. The van der Waals surface area contributed by atoms with Gasteiger partial charge in [-0.25, -0.2) is 4.98 Å². The summed E-state index contributed by atoms with van der Waals surface area (Å²) < 4.78 is 4.39. The minimum absolute atomic E-state index is 0.822. The molecule has 7 heterocycles. The first-order valence-corrected chi connectivity index (χ1v) is 14.4. The van der Waals surface area contributed by atoms with Crippen LogP contribution in [-0.4, -0.2) is 34.1 Å². The summed E-state index contributed by atoms with van der Waals surface area (Å²) in [5, 5.41) is 0. The number of hydrogen-bond acceptors (Lipinski definition) is 5. The van der Waals surface area contributed by atoms with Crippen molar-refractivity contribution in [1.29, 1.82) is 0 Å². The normalized spacial score (nSPS) is 11.6. The average molecular weight is 566 g/mol. The van der Waals surface area contributed by atoms with E-state index in [1.54, 1.807) is 0 Å². The topological polar surface area (TPSA) is 74.3 Å². The zero-order chi connectivity index (χ0) is 29.0. The molecule has 0 bridgehead atoms. The van der Waals surface area contributed by atoms with Crippen LogP contribution in [-0.2, 0) is 0 Å². The van der Waals surface area contributed by atoms with Crippen LogP contribution in [0, 0.1) is 0 Å². The van der Waals surface area contributed by atoms with Crippen molar-refractivity contribution >= 4 is 44.1 Å². The van der Waals surface area contributed by atoms with Gasteiger partial charge in [-0.15, -0.1) is 0 Å². The van der Waals surface area contributed by atoms with Crippen molar-refractivity contribution in [3.63, 3.8) is 0 Å². The SMILES string of the molecule is c1ccc(-c2ccc(-n3c4cccnc4c4nc5c6ncccc6n(-c6ccc(-c7ccccc7)nc6)c5cc43)cn2)cc1. The number of hydrogen-bond donors (Lipinski definition) is 0. The second-order valence-corrected chi connectivity index (χ2v) is 10.7. The van der Waals surface area contributed by atoms with Gasteiger partial charge in [-0.2, -0.15) is 0 Å². The van der Waals surface area contributed by atoms with Crippen LogP contribution in [0.2, 0.25) is 0 Å². The van der Waals surface area contributed by atoms with Gasteiger partial charge < -0.3 is 9.13 Å². The lowest BCUT2D eigenvalue weighted by molar-refractivity contribution is 1.13. The molecular weight excluding hydrogens is 542 g/mol. The minimum atomic E-state index is 0.822. The quantitative estimate of drug-likeness (QED) is 0.215. The maximum atomic E-state index is 5.25. The Morgan fingerprint density at radius 2 is 0.864 bits per heavy atom. The first-order valence-electron chi connectivity index (χ1n) is 14.4. The zero-order valence-corrected chi connectivity index (χ0v) is 23.4. The molecule has 0 aliphatic rings. The highest BCUT2D eigenvalue weighted by atomic mass is 15.1. The van der Waals surface area contributed by atoms with Gasteiger partial charge in [-0.1, -0.05) is 60.7 Å². The molecule has 0 atom stereocenters. The molecule has 0 spiro atoms. The van der Waals surface area contributed by atoms with Crippen molar-refractivity contribution in [3.05, 3.63) is 140 Å². The fourth-order valence-corrected chi connectivity index (χ4v) is 6.11. The highest BCUT2D eigenvalue weighted by Gasteiger charge is 2.21. The Morgan fingerprint density at radius 1 is 0.386 bits per heavy atom. The van der Waals surface area contributed by atoms with Gasteiger partial charge in [-0.05, 0) is 54.6 Å². The Hall–Kier alpha value is -6.21. The second kappa shape index (κ2) is 9.68. The van der Waals surface area contributed by atoms with Gasteiger partial charge >= 0.3 is 0 Å². The molecule has 0 fully saturated rings. The van der Waals surface area contributed by atoms with E-state index >= 15 is 0 Å². The first-order chi connectivity index (χ1) is 21.8. The summed E-state index contributed by atoms with van der Waals surface area (Å²) in [6, 6.07) is 39.0. The molecule has 7 nitrogen and oxygen atoms in total. The lowest BCUT2D eigenvalue weighted by Crippen LogP contribution is -1.98. The largest absolute Gasteiger partial charge is 0.304 e. The molecule has 0 N–H and O–H groups in total. The highest BCUT2D eigenvalue weighted by molar-refractivity contribution is 6.13. The molecule has 7 aromatic heterocycles. The molecule has 0 radical (unpaired) electrons. The number of pyridine rings is 5. The maximum Gasteiger partial charge on any atom is 0.116 e. The number of rotatable bonds is 4. The summed E-state index contributed by atoms with van der Waals surface area (Å²) in [6.07, 6.45) is 7.47. The van der Waals surface area contributed by atoms with Crippen LogP contribution in [0.5, 0.6) is 0 Å². The Kier molecular flexibility index (Phi) is 5.36. The van der Waals surface area contributed by atoms with E-state index in [4.69, 9.17) is 24.9 Å². The molecule has 9 aromatic rings. The predicted molar refractivity (Wildman–Crippen MR) is 175 cm³/mol. The second-order valence-electron chi connectivity index (χ2n) is 10.7. The van der Waals surface area contributed by atoms with Crippen molar-refractivity contribution in [2.75, 3.05) is 0 Å². The van der Waals surface area contributed by atoms with Gasteiger partial charge in [-0.3, -0.25) is 19.9 Å². The van der Waals surface area contributed by atoms with Gasteiger partial charge in [0.05, 0.1) is 57.2 Å². The van der Waals surface area contributed by atoms with Crippen molar-refractivity contribution in [2.24, 2.45) is 0 Å². The third-order valence-corrected chi connectivity index (χ3v) is 8.12. The average Bonchev–Trinajstić information content (AvgIpc) is 3.60. The summed E-state index contributed by atoms with van der Waals surface area (Å²) >= 11 is 0. The first kappa shape index (κ1) is 24.4. The van der Waals surface area contributed by atoms with E-state index in [1.807, 2.05) is 73.3 Å². The van der Waals surface area contributed by atoms with Gasteiger partial charge in [0.1, 0.15) is 22.1 Å². The molecule has 0 aliphatic heterocycles. The lowest BCUT2D eigenvalue weighted by Gasteiger charge is -2.10. The minimum Gasteiger partial charge on any atom is -0.304 e. The zero-order valence-electron chi connectivity index (χ0n) is 23.4. The Labute approximate surface area is 251 Å². The molecule has 0 aliphatic carbocycles. The number of aromatic nitrogens is 7. The van der Waals surface area contributed by atoms with Crippen molar-refractivity contribution in [3.8, 4) is 33.9 Å². The molecular formula is C37H23N7. The van der Waals surface area contributed by atoms with E-state index in [-0.39, 0.29) is 0 Å². The maximum absolute atomic E-state index is 5.25. The van der Waals surface area contributed by atoms with Crippen molar-refractivity contribution < 1.29 is 0 Å². The van der Waals surface area contributed by atoms with Crippen LogP contribution in [0.15, 0.2) is 140 Å². The van der Waals surface area contributed by atoms with E-state index in [1.165, 1.54) is 0 Å². The smallest absolute Gasteiger partial charge is 0.116 e. The van der Waals surface area contributed by atoms with E-state index < -0.39 is 0 Å². The fraction of sp³-hybridized carbons (Fsp3) is 0. The van der Waals surface area contributed by atoms with Gasteiger partial charge in [0.25, 0.3) is 0 Å². The van der Waals surface area contributed by atoms with E-state index in [0.29, 0.717) is 0 Å². The summed E-state index contributed by atoms with van der Waals surface area (Å²) in [5.41, 5.74) is 13.0. The molecule has 9 rings (SSSR count). The lowest BCUT2D eigenvalue weighted by atomic mass is 10.1. The van der Waals surface area contributed by atoms with Crippen LogP contribution in [0.1, 0.15) is 0 Å². The summed E-state index contributed by atoms with van der Waals surface area (Å²) in [4.78, 5) is 24.4. The number of benzene rings is 2. The molecule has 0 saturated heterocycles. The number of fused-ring (bicyclic) bond motifs is 6.